The van der Waals surface area contributed by atoms with Gasteiger partial charge in [-0.15, -0.1) is 0 Å². The Morgan fingerprint density at radius 2 is 1.61 bits per heavy atom. The van der Waals surface area contributed by atoms with E-state index in [2.05, 4.69) is 78.9 Å². The SMILES string of the molecule is C1=CC[C]([Hf+2][CH]2C(c3ccccc3)=Cc3ccccc32)=C1.[Cl-].[Cl-]. The predicted octanol–water partition coefficient (Wildman–Crippen LogP) is -0.784. The molecule has 3 heteroatoms. The van der Waals surface area contributed by atoms with E-state index in [-0.39, 0.29) is 24.8 Å². The van der Waals surface area contributed by atoms with E-state index in [4.69, 9.17) is 0 Å². The Balaban J connectivity index is 0.000000960. The van der Waals surface area contributed by atoms with Gasteiger partial charge in [-0.25, -0.2) is 0 Å². The van der Waals surface area contributed by atoms with Crippen molar-refractivity contribution < 1.29 is 47.7 Å². The summed E-state index contributed by atoms with van der Waals surface area (Å²) in [6.45, 7) is 0. The summed E-state index contributed by atoms with van der Waals surface area (Å²) in [4.78, 5) is 0. The molecule has 0 nitrogen and oxygen atoms in total. The van der Waals surface area contributed by atoms with Gasteiger partial charge in [0.05, 0.1) is 0 Å². The van der Waals surface area contributed by atoms with Crippen LogP contribution < -0.4 is 24.8 Å². The number of hydrogen-bond donors (Lipinski definition) is 0. The van der Waals surface area contributed by atoms with Crippen molar-refractivity contribution in [2.75, 3.05) is 0 Å². The Morgan fingerprint density at radius 1 is 0.870 bits per heavy atom. The van der Waals surface area contributed by atoms with Gasteiger partial charge in [-0.05, 0) is 0 Å². The molecule has 0 N–H and O–H groups in total. The van der Waals surface area contributed by atoms with Gasteiger partial charge in [0.15, 0.2) is 0 Å². The molecular formula is C20H16Cl2Hf. The zero-order chi connectivity index (χ0) is 14.1. The monoisotopic (exact) mass is 506 g/mol. The second-order valence-electron chi connectivity index (χ2n) is 5.50. The van der Waals surface area contributed by atoms with Crippen LogP contribution in [-0.4, -0.2) is 0 Å². The van der Waals surface area contributed by atoms with Crippen molar-refractivity contribution in [3.8, 4) is 0 Å². The number of allylic oxidation sites excluding steroid dienone is 5. The zero-order valence-corrected chi connectivity index (χ0v) is 17.7. The van der Waals surface area contributed by atoms with Gasteiger partial charge in [0, 0.05) is 0 Å². The number of hydrogen-bond acceptors (Lipinski definition) is 0. The molecule has 0 fully saturated rings. The number of halogens is 2. The Hall–Kier alpha value is -0.890. The first-order valence-corrected chi connectivity index (χ1v) is 11.3. The van der Waals surface area contributed by atoms with E-state index in [1.54, 1.807) is 14.5 Å². The van der Waals surface area contributed by atoms with Crippen LogP contribution >= 0.6 is 0 Å². The molecule has 0 spiro atoms. The maximum absolute atomic E-state index is 2.42. The molecule has 114 valence electrons. The second kappa shape index (κ2) is 8.28. The molecule has 0 amide bonds. The molecular weight excluding hydrogens is 490 g/mol. The van der Waals surface area contributed by atoms with Gasteiger partial charge in [0.1, 0.15) is 0 Å². The number of benzene rings is 2. The molecule has 0 heterocycles. The van der Waals surface area contributed by atoms with Gasteiger partial charge >= 0.3 is 137 Å². The van der Waals surface area contributed by atoms with E-state index in [0.29, 0.717) is 3.67 Å². The molecule has 0 bridgehead atoms. The van der Waals surface area contributed by atoms with Crippen LogP contribution in [0.4, 0.5) is 0 Å². The van der Waals surface area contributed by atoms with Gasteiger partial charge in [-0.2, -0.15) is 0 Å². The minimum Gasteiger partial charge on any atom is -1.00 e. The molecule has 4 rings (SSSR count). The normalized spacial score (nSPS) is 17.3. The van der Waals surface area contributed by atoms with Crippen LogP contribution in [0.1, 0.15) is 26.8 Å². The van der Waals surface area contributed by atoms with E-state index in [1.807, 2.05) is 0 Å². The van der Waals surface area contributed by atoms with Crippen LogP contribution in [0.2, 0.25) is 0 Å². The summed E-state index contributed by atoms with van der Waals surface area (Å²) >= 11 is -0.879. The standard InChI is InChI=1S/C15H11.C5H5.2ClH.Hf/c1-2-6-12(7-3-1)15-10-13-8-4-5-9-14(13)11-15;1-2-4-5-3-1;;;/h1-11H;1-3H,4H2;2*1H;/q;;;;+2/p-2. The molecule has 1 atom stereocenters. The molecule has 0 aliphatic heterocycles. The fourth-order valence-corrected chi connectivity index (χ4v) is 8.93. The summed E-state index contributed by atoms with van der Waals surface area (Å²) in [5.41, 5.74) is 5.94. The molecule has 2 aromatic rings. The van der Waals surface area contributed by atoms with E-state index < -0.39 is 22.9 Å². The largest absolute Gasteiger partial charge is 1.00 e. The summed E-state index contributed by atoms with van der Waals surface area (Å²) in [6, 6.07) is 19.9. The van der Waals surface area contributed by atoms with Crippen molar-refractivity contribution in [3.05, 3.63) is 92.8 Å². The van der Waals surface area contributed by atoms with Gasteiger partial charge < -0.3 is 24.8 Å². The Morgan fingerprint density at radius 3 is 2.35 bits per heavy atom. The third-order valence-corrected chi connectivity index (χ3v) is 10.1. The number of rotatable bonds is 3. The average Bonchev–Trinajstić information content (AvgIpc) is 3.17. The molecule has 0 saturated carbocycles. The smallest absolute Gasteiger partial charge is 1.00 e. The summed E-state index contributed by atoms with van der Waals surface area (Å²) in [6.07, 6.45) is 10.5. The Bertz CT molecular complexity index is 760. The molecule has 0 saturated heterocycles. The Kier molecular flexibility index (Phi) is 6.64. The summed E-state index contributed by atoms with van der Waals surface area (Å²) in [7, 11) is 0. The van der Waals surface area contributed by atoms with Crippen molar-refractivity contribution in [2.24, 2.45) is 0 Å². The van der Waals surface area contributed by atoms with Crippen molar-refractivity contribution in [2.45, 2.75) is 10.1 Å². The molecule has 2 aromatic carbocycles. The van der Waals surface area contributed by atoms with Crippen LogP contribution in [0.3, 0.4) is 0 Å². The first kappa shape index (κ1) is 18.4. The van der Waals surface area contributed by atoms with Crippen molar-refractivity contribution in [3.63, 3.8) is 0 Å². The van der Waals surface area contributed by atoms with Gasteiger partial charge in [-0.3, -0.25) is 0 Å². The minimum absolute atomic E-state index is 0. The molecule has 0 aromatic heterocycles. The second-order valence-corrected chi connectivity index (χ2v) is 10.9. The zero-order valence-electron chi connectivity index (χ0n) is 12.5. The van der Waals surface area contributed by atoms with E-state index >= 15 is 0 Å². The fraction of sp³-hybridized carbons (Fsp3) is 0.100. The molecule has 2 aliphatic carbocycles. The van der Waals surface area contributed by atoms with Crippen LogP contribution in [-0.2, 0) is 22.9 Å². The van der Waals surface area contributed by atoms with Crippen molar-refractivity contribution in [1.82, 2.24) is 0 Å². The first-order valence-electron chi connectivity index (χ1n) is 7.40. The molecule has 23 heavy (non-hydrogen) atoms. The third-order valence-electron chi connectivity index (χ3n) is 4.14. The molecule has 1 unspecified atom stereocenters. The quantitative estimate of drug-likeness (QED) is 0.480. The van der Waals surface area contributed by atoms with Crippen molar-refractivity contribution in [1.29, 1.82) is 0 Å². The van der Waals surface area contributed by atoms with Crippen LogP contribution in [0.5, 0.6) is 0 Å². The van der Waals surface area contributed by atoms with Gasteiger partial charge in [0.2, 0.25) is 0 Å². The molecule has 2 aliphatic rings. The van der Waals surface area contributed by atoms with E-state index in [9.17, 15) is 0 Å². The van der Waals surface area contributed by atoms with E-state index in [0.717, 1.165) is 0 Å². The maximum atomic E-state index is 2.42. The summed E-state index contributed by atoms with van der Waals surface area (Å²) in [5, 5.41) is 0. The summed E-state index contributed by atoms with van der Waals surface area (Å²) < 4.78 is 2.42. The van der Waals surface area contributed by atoms with Gasteiger partial charge in [0.25, 0.3) is 0 Å². The topological polar surface area (TPSA) is 0 Å². The third kappa shape index (κ3) is 3.79. The van der Waals surface area contributed by atoms with Gasteiger partial charge in [-0.1, -0.05) is 0 Å². The Labute approximate surface area is 161 Å². The van der Waals surface area contributed by atoms with Crippen LogP contribution in [0.25, 0.3) is 11.6 Å². The van der Waals surface area contributed by atoms with Crippen molar-refractivity contribution >= 4 is 11.6 Å². The number of fused-ring (bicyclic) bond motifs is 1. The fourth-order valence-electron chi connectivity index (χ4n) is 3.10. The maximum Gasteiger partial charge on any atom is -1.00 e. The van der Waals surface area contributed by atoms with Crippen LogP contribution in [0, 0.1) is 0 Å². The van der Waals surface area contributed by atoms with E-state index in [1.165, 1.54) is 17.5 Å². The summed E-state index contributed by atoms with van der Waals surface area (Å²) in [5.74, 6) is 0. The predicted molar refractivity (Wildman–Crippen MR) is 85.3 cm³/mol. The average molecular weight is 506 g/mol. The van der Waals surface area contributed by atoms with Crippen LogP contribution in [0.15, 0.2) is 76.2 Å². The molecule has 0 radical (unpaired) electrons. The first-order chi connectivity index (χ1) is 10.4. The minimum atomic E-state index is -0.879.